The lowest BCUT2D eigenvalue weighted by Gasteiger charge is -2.02. The lowest BCUT2D eigenvalue weighted by atomic mass is 10.2. The van der Waals surface area contributed by atoms with Crippen LogP contribution in [0.5, 0.6) is 0 Å². The molecule has 1 heterocycles. The Bertz CT molecular complexity index is 531. The van der Waals surface area contributed by atoms with Crippen molar-refractivity contribution in [2.75, 3.05) is 13.6 Å². The van der Waals surface area contributed by atoms with Crippen LogP contribution in [0.1, 0.15) is 12.5 Å². The molecule has 1 aromatic rings. The Morgan fingerprint density at radius 2 is 2.17 bits per heavy atom. The molecule has 0 aromatic carbocycles. The summed E-state index contributed by atoms with van der Waals surface area (Å²) >= 11 is 0. The number of nitrogens with two attached hydrogens (primary N) is 1. The Morgan fingerprint density at radius 1 is 1.39 bits per heavy atom. The van der Waals surface area contributed by atoms with Gasteiger partial charge in [-0.1, -0.05) is 24.3 Å². The second-order valence-electron chi connectivity index (χ2n) is 3.94. The van der Waals surface area contributed by atoms with Crippen LogP contribution < -0.4 is 11.2 Å². The maximum atomic E-state index is 5.45. The number of allylic oxidation sites excluding steroid dienone is 4. The fourth-order valence-corrected chi connectivity index (χ4v) is 1.55. The molecule has 0 amide bonds. The third kappa shape index (κ3) is 4.18. The summed E-state index contributed by atoms with van der Waals surface area (Å²) in [5, 5.41) is 0. The van der Waals surface area contributed by atoms with Crippen molar-refractivity contribution in [1.82, 2.24) is 4.57 Å². The van der Waals surface area contributed by atoms with E-state index in [0.29, 0.717) is 6.54 Å². The molecule has 0 bridgehead atoms. The summed E-state index contributed by atoms with van der Waals surface area (Å²) < 4.78 is 2.01. The van der Waals surface area contributed by atoms with Gasteiger partial charge >= 0.3 is 0 Å². The maximum Gasteiger partial charge on any atom is 0.131 e. The second-order valence-corrected chi connectivity index (χ2v) is 3.94. The molecule has 1 rings (SSSR count). The zero-order chi connectivity index (χ0) is 13.4. The van der Waals surface area contributed by atoms with E-state index in [9.17, 15) is 0 Å². The van der Waals surface area contributed by atoms with E-state index in [2.05, 4.69) is 24.2 Å². The van der Waals surface area contributed by atoms with Crippen LogP contribution in [-0.4, -0.2) is 18.2 Å². The molecule has 0 unspecified atom stereocenters. The van der Waals surface area contributed by atoms with Crippen molar-refractivity contribution in [3.05, 3.63) is 59.3 Å². The molecular formula is C15H21N3. The highest BCUT2D eigenvalue weighted by molar-refractivity contribution is 5.40. The molecule has 3 heteroatoms. The smallest absolute Gasteiger partial charge is 0.131 e. The summed E-state index contributed by atoms with van der Waals surface area (Å²) in [6.45, 7) is 4.62. The molecule has 0 radical (unpaired) electrons. The van der Waals surface area contributed by atoms with Crippen LogP contribution in [0.2, 0.25) is 0 Å². The summed E-state index contributed by atoms with van der Waals surface area (Å²) in [6.07, 6.45) is 12.1. The molecule has 0 aliphatic rings. The van der Waals surface area contributed by atoms with Crippen LogP contribution in [0.3, 0.4) is 0 Å². The van der Waals surface area contributed by atoms with E-state index < -0.39 is 0 Å². The maximum absolute atomic E-state index is 5.45. The molecule has 3 nitrogen and oxygen atoms in total. The molecule has 0 atom stereocenters. The summed E-state index contributed by atoms with van der Waals surface area (Å²) in [5.74, 6) is 0. The second kappa shape index (κ2) is 7.45. The SMILES string of the molecule is C/C=C(\C=C/CN)/C=C/n1cc(C)ccc1=NC. The summed E-state index contributed by atoms with van der Waals surface area (Å²) in [7, 11) is 1.79. The number of aromatic nitrogens is 1. The summed E-state index contributed by atoms with van der Waals surface area (Å²) in [6, 6.07) is 4.06. The van der Waals surface area contributed by atoms with Crippen molar-refractivity contribution in [1.29, 1.82) is 0 Å². The van der Waals surface area contributed by atoms with Gasteiger partial charge in [0.1, 0.15) is 5.49 Å². The topological polar surface area (TPSA) is 43.3 Å². The first-order valence-corrected chi connectivity index (χ1v) is 6.04. The predicted molar refractivity (Wildman–Crippen MR) is 77.9 cm³/mol. The van der Waals surface area contributed by atoms with Gasteiger partial charge in [0.05, 0.1) is 0 Å². The van der Waals surface area contributed by atoms with E-state index in [-0.39, 0.29) is 0 Å². The number of hydrogen-bond donors (Lipinski definition) is 1. The van der Waals surface area contributed by atoms with Crippen molar-refractivity contribution in [2.45, 2.75) is 13.8 Å². The molecule has 2 N–H and O–H groups in total. The summed E-state index contributed by atoms with van der Waals surface area (Å²) in [5.41, 5.74) is 8.69. The van der Waals surface area contributed by atoms with Gasteiger partial charge in [-0.25, -0.2) is 0 Å². The van der Waals surface area contributed by atoms with Gasteiger partial charge in [-0.05, 0) is 37.1 Å². The van der Waals surface area contributed by atoms with Gasteiger partial charge in [0.15, 0.2) is 0 Å². The highest BCUT2D eigenvalue weighted by atomic mass is 15.0. The van der Waals surface area contributed by atoms with Crippen LogP contribution in [0.25, 0.3) is 6.20 Å². The zero-order valence-electron chi connectivity index (χ0n) is 11.3. The van der Waals surface area contributed by atoms with Gasteiger partial charge in [-0.2, -0.15) is 0 Å². The Labute approximate surface area is 109 Å². The van der Waals surface area contributed by atoms with Crippen molar-refractivity contribution >= 4 is 6.20 Å². The highest BCUT2D eigenvalue weighted by Gasteiger charge is 1.90. The monoisotopic (exact) mass is 243 g/mol. The minimum absolute atomic E-state index is 0.554. The predicted octanol–water partition coefficient (Wildman–Crippen LogP) is 2.26. The average molecular weight is 243 g/mol. The van der Waals surface area contributed by atoms with E-state index in [0.717, 1.165) is 11.1 Å². The third-order valence-corrected chi connectivity index (χ3v) is 2.54. The first-order valence-electron chi connectivity index (χ1n) is 6.04. The van der Waals surface area contributed by atoms with Crippen LogP contribution in [0.4, 0.5) is 0 Å². The number of nitrogens with zero attached hydrogens (tertiary/aromatic N) is 2. The molecule has 0 saturated carbocycles. The standard InChI is InChI=1S/C15H21N3/c1-4-14(6-5-10-16)9-11-18-12-13(2)7-8-15(18)17-3/h4-9,11-12H,10,16H2,1-3H3/b6-5-,11-9+,14-4+,17-15?. The van der Waals surface area contributed by atoms with E-state index in [1.54, 1.807) is 7.05 Å². The lowest BCUT2D eigenvalue weighted by Crippen LogP contribution is -2.15. The van der Waals surface area contributed by atoms with Crippen molar-refractivity contribution in [2.24, 2.45) is 10.7 Å². The van der Waals surface area contributed by atoms with Gasteiger partial charge in [-0.15, -0.1) is 0 Å². The minimum atomic E-state index is 0.554. The van der Waals surface area contributed by atoms with E-state index >= 15 is 0 Å². The van der Waals surface area contributed by atoms with Crippen molar-refractivity contribution in [3.63, 3.8) is 0 Å². The Morgan fingerprint density at radius 3 is 2.78 bits per heavy atom. The molecule has 96 valence electrons. The Hall–Kier alpha value is -1.87. The first-order chi connectivity index (χ1) is 8.71. The van der Waals surface area contributed by atoms with Crippen molar-refractivity contribution in [3.8, 4) is 0 Å². The first kappa shape index (κ1) is 14.2. The van der Waals surface area contributed by atoms with Crippen LogP contribution in [0.15, 0.2) is 53.2 Å². The Balaban J connectivity index is 3.03. The quantitative estimate of drug-likeness (QED) is 0.810. The highest BCUT2D eigenvalue weighted by Crippen LogP contribution is 2.01. The minimum Gasteiger partial charge on any atom is -0.327 e. The summed E-state index contributed by atoms with van der Waals surface area (Å²) in [4.78, 5) is 4.23. The molecule has 0 aliphatic carbocycles. The molecule has 0 saturated heterocycles. The molecule has 1 aromatic heterocycles. The fraction of sp³-hybridized carbons (Fsp3) is 0.267. The van der Waals surface area contributed by atoms with Gasteiger partial charge in [0, 0.05) is 26.0 Å². The number of pyridine rings is 1. The van der Waals surface area contributed by atoms with Gasteiger partial charge < -0.3 is 10.3 Å². The largest absolute Gasteiger partial charge is 0.327 e. The van der Waals surface area contributed by atoms with Crippen LogP contribution >= 0.6 is 0 Å². The zero-order valence-corrected chi connectivity index (χ0v) is 11.3. The lowest BCUT2D eigenvalue weighted by molar-refractivity contribution is 0.977. The number of hydrogen-bond acceptors (Lipinski definition) is 2. The van der Waals surface area contributed by atoms with Gasteiger partial charge in [0.2, 0.25) is 0 Å². The molecule has 0 spiro atoms. The van der Waals surface area contributed by atoms with Crippen LogP contribution in [-0.2, 0) is 0 Å². The molecule has 0 aliphatic heterocycles. The molecule has 18 heavy (non-hydrogen) atoms. The fourth-order valence-electron chi connectivity index (χ4n) is 1.55. The van der Waals surface area contributed by atoms with E-state index in [1.165, 1.54) is 5.56 Å². The van der Waals surface area contributed by atoms with Gasteiger partial charge in [0.25, 0.3) is 0 Å². The molecule has 0 fully saturated rings. The van der Waals surface area contributed by atoms with E-state index in [1.807, 2.05) is 48.1 Å². The normalized spacial score (nSPS) is 14.0. The molecular weight excluding hydrogens is 222 g/mol. The number of aryl methyl sites for hydroxylation is 1. The third-order valence-electron chi connectivity index (χ3n) is 2.54. The van der Waals surface area contributed by atoms with E-state index in [4.69, 9.17) is 5.73 Å². The average Bonchev–Trinajstić information content (AvgIpc) is 2.39. The van der Waals surface area contributed by atoms with Crippen LogP contribution in [0, 0.1) is 6.92 Å². The number of rotatable bonds is 4. The van der Waals surface area contributed by atoms with Gasteiger partial charge in [-0.3, -0.25) is 4.99 Å². The Kier molecular flexibility index (Phi) is 5.88. The van der Waals surface area contributed by atoms with Crippen molar-refractivity contribution < 1.29 is 0 Å².